The Balaban J connectivity index is 1.52. The smallest absolute Gasteiger partial charge is 0.0143 e. The van der Waals surface area contributed by atoms with Crippen LogP contribution in [0.3, 0.4) is 0 Å². The van der Waals surface area contributed by atoms with Gasteiger partial charge in [0.05, 0.1) is 0 Å². The summed E-state index contributed by atoms with van der Waals surface area (Å²) in [5.41, 5.74) is 1.48. The maximum Gasteiger partial charge on any atom is 0.0143 e. The second-order valence-corrected chi connectivity index (χ2v) is 5.37. The van der Waals surface area contributed by atoms with Gasteiger partial charge in [0.2, 0.25) is 0 Å². The quantitative estimate of drug-likeness (QED) is 0.678. The summed E-state index contributed by atoms with van der Waals surface area (Å²) in [6, 6.07) is 11.5. The van der Waals surface area contributed by atoms with Gasteiger partial charge in [0.1, 0.15) is 0 Å². The molecule has 0 unspecified atom stereocenters. The summed E-state index contributed by atoms with van der Waals surface area (Å²) in [5, 5.41) is 7.07. The zero-order valence-electron chi connectivity index (χ0n) is 11.5. The van der Waals surface area contributed by atoms with Crippen molar-refractivity contribution in [2.75, 3.05) is 40.3 Å². The Morgan fingerprint density at radius 1 is 1.11 bits per heavy atom. The molecule has 1 aliphatic carbocycles. The van der Waals surface area contributed by atoms with Crippen molar-refractivity contribution in [2.45, 2.75) is 18.4 Å². The fourth-order valence-electron chi connectivity index (χ4n) is 2.26. The van der Waals surface area contributed by atoms with Crippen molar-refractivity contribution in [1.29, 1.82) is 0 Å². The van der Waals surface area contributed by atoms with Gasteiger partial charge < -0.3 is 15.5 Å². The van der Waals surface area contributed by atoms with Crippen molar-refractivity contribution in [2.24, 2.45) is 0 Å². The summed E-state index contributed by atoms with van der Waals surface area (Å²) in [6.07, 6.45) is 1.29. The van der Waals surface area contributed by atoms with Crippen molar-refractivity contribution >= 4 is 0 Å². The van der Waals surface area contributed by atoms with Gasteiger partial charge in [-0.25, -0.2) is 0 Å². The average molecular weight is 247 g/mol. The second-order valence-electron chi connectivity index (χ2n) is 5.37. The second kappa shape index (κ2) is 6.88. The maximum absolute atomic E-state index is 3.62. The molecule has 100 valence electrons. The zero-order valence-corrected chi connectivity index (χ0v) is 11.5. The molecule has 0 saturated heterocycles. The van der Waals surface area contributed by atoms with Gasteiger partial charge in [-0.3, -0.25) is 0 Å². The Morgan fingerprint density at radius 3 is 2.61 bits per heavy atom. The van der Waals surface area contributed by atoms with E-state index in [0.29, 0.717) is 6.04 Å². The Hall–Kier alpha value is -0.900. The van der Waals surface area contributed by atoms with Crippen molar-refractivity contribution in [3.8, 4) is 0 Å². The van der Waals surface area contributed by atoms with Crippen LogP contribution in [0.1, 0.15) is 17.9 Å². The van der Waals surface area contributed by atoms with E-state index >= 15 is 0 Å². The van der Waals surface area contributed by atoms with Crippen LogP contribution in [0.5, 0.6) is 0 Å². The third kappa shape index (κ3) is 4.41. The lowest BCUT2D eigenvalue weighted by Crippen LogP contribution is -2.33. The number of likely N-dealkylation sites (N-methyl/N-ethyl adjacent to an activating group) is 1. The van der Waals surface area contributed by atoms with Crippen LogP contribution in [0.2, 0.25) is 0 Å². The summed E-state index contributed by atoms with van der Waals surface area (Å²) in [4.78, 5) is 2.20. The molecule has 0 bridgehead atoms. The zero-order chi connectivity index (χ0) is 12.8. The van der Waals surface area contributed by atoms with E-state index in [4.69, 9.17) is 0 Å². The van der Waals surface area contributed by atoms with Crippen LogP contribution in [-0.4, -0.2) is 51.2 Å². The molecule has 0 heterocycles. The molecule has 0 aromatic heterocycles. The molecule has 18 heavy (non-hydrogen) atoms. The van der Waals surface area contributed by atoms with Crippen molar-refractivity contribution < 1.29 is 0 Å². The Kier molecular flexibility index (Phi) is 5.17. The first-order valence-electron chi connectivity index (χ1n) is 6.91. The molecule has 1 aromatic rings. The van der Waals surface area contributed by atoms with Crippen molar-refractivity contribution in [1.82, 2.24) is 15.5 Å². The van der Waals surface area contributed by atoms with E-state index in [0.717, 1.165) is 32.1 Å². The van der Waals surface area contributed by atoms with Gasteiger partial charge in [0.25, 0.3) is 0 Å². The first kappa shape index (κ1) is 13.5. The molecule has 2 rings (SSSR count). The topological polar surface area (TPSA) is 27.3 Å². The van der Waals surface area contributed by atoms with Crippen LogP contribution in [0.4, 0.5) is 0 Å². The van der Waals surface area contributed by atoms with Crippen LogP contribution < -0.4 is 10.6 Å². The van der Waals surface area contributed by atoms with Gasteiger partial charge in [-0.15, -0.1) is 0 Å². The van der Waals surface area contributed by atoms with E-state index < -0.39 is 0 Å². The van der Waals surface area contributed by atoms with Crippen LogP contribution in [0, 0.1) is 0 Å². The first-order valence-corrected chi connectivity index (χ1v) is 6.91. The van der Waals surface area contributed by atoms with E-state index in [1.165, 1.54) is 12.0 Å². The monoisotopic (exact) mass is 247 g/mol. The SMILES string of the molecule is CN(C)CCNCCN[C@@H]1C[C@H]1c1ccccc1. The number of benzene rings is 1. The van der Waals surface area contributed by atoms with Crippen LogP contribution in [0.15, 0.2) is 30.3 Å². The fraction of sp³-hybridized carbons (Fsp3) is 0.600. The number of hydrogen-bond donors (Lipinski definition) is 2. The molecule has 3 heteroatoms. The van der Waals surface area contributed by atoms with E-state index in [1.807, 2.05) is 0 Å². The number of nitrogens with one attached hydrogen (secondary N) is 2. The molecular weight excluding hydrogens is 222 g/mol. The number of nitrogens with zero attached hydrogens (tertiary/aromatic N) is 1. The summed E-state index contributed by atoms with van der Waals surface area (Å²) in [7, 11) is 4.21. The molecule has 0 radical (unpaired) electrons. The van der Waals surface area contributed by atoms with Gasteiger partial charge in [-0.1, -0.05) is 30.3 Å². The highest BCUT2D eigenvalue weighted by Gasteiger charge is 2.37. The minimum Gasteiger partial charge on any atom is -0.314 e. The predicted octanol–water partition coefficient (Wildman–Crippen LogP) is 1.28. The van der Waals surface area contributed by atoms with Crippen molar-refractivity contribution in [3.63, 3.8) is 0 Å². The van der Waals surface area contributed by atoms with E-state index in [-0.39, 0.29) is 0 Å². The Labute approximate surface area is 111 Å². The largest absolute Gasteiger partial charge is 0.314 e. The lowest BCUT2D eigenvalue weighted by molar-refractivity contribution is 0.399. The van der Waals surface area contributed by atoms with Gasteiger partial charge in [0.15, 0.2) is 0 Å². The van der Waals surface area contributed by atoms with E-state index in [2.05, 4.69) is 60.0 Å². The fourth-order valence-corrected chi connectivity index (χ4v) is 2.26. The minimum atomic E-state index is 0.697. The maximum atomic E-state index is 3.62. The van der Waals surface area contributed by atoms with Gasteiger partial charge >= 0.3 is 0 Å². The third-order valence-corrected chi connectivity index (χ3v) is 3.46. The van der Waals surface area contributed by atoms with Gasteiger partial charge in [-0.05, 0) is 26.1 Å². The third-order valence-electron chi connectivity index (χ3n) is 3.46. The van der Waals surface area contributed by atoms with Crippen LogP contribution in [0.25, 0.3) is 0 Å². The molecule has 0 amide bonds. The summed E-state index contributed by atoms with van der Waals surface area (Å²) >= 11 is 0. The molecule has 2 atom stereocenters. The molecule has 1 saturated carbocycles. The van der Waals surface area contributed by atoms with Crippen molar-refractivity contribution in [3.05, 3.63) is 35.9 Å². The Bertz CT molecular complexity index is 337. The number of rotatable bonds is 8. The Morgan fingerprint density at radius 2 is 1.89 bits per heavy atom. The summed E-state index contributed by atoms with van der Waals surface area (Å²) in [5.74, 6) is 0.743. The minimum absolute atomic E-state index is 0.697. The highest BCUT2D eigenvalue weighted by Crippen LogP contribution is 2.40. The van der Waals surface area contributed by atoms with Gasteiger partial charge in [0, 0.05) is 38.1 Å². The van der Waals surface area contributed by atoms with E-state index in [1.54, 1.807) is 0 Å². The summed E-state index contributed by atoms with van der Waals surface area (Å²) in [6.45, 7) is 4.31. The number of hydrogen-bond acceptors (Lipinski definition) is 3. The molecule has 0 spiro atoms. The molecule has 1 aromatic carbocycles. The van der Waals surface area contributed by atoms with E-state index in [9.17, 15) is 0 Å². The average Bonchev–Trinajstić information content (AvgIpc) is 3.14. The van der Waals surface area contributed by atoms with Crippen LogP contribution in [-0.2, 0) is 0 Å². The molecule has 1 fully saturated rings. The lowest BCUT2D eigenvalue weighted by Gasteiger charge is -2.10. The first-order chi connectivity index (χ1) is 8.77. The van der Waals surface area contributed by atoms with Gasteiger partial charge in [-0.2, -0.15) is 0 Å². The molecule has 0 aliphatic heterocycles. The molecular formula is C15H25N3. The lowest BCUT2D eigenvalue weighted by atomic mass is 10.1. The summed E-state index contributed by atoms with van der Waals surface area (Å²) < 4.78 is 0. The van der Waals surface area contributed by atoms with Crippen LogP contribution >= 0.6 is 0 Å². The highest BCUT2D eigenvalue weighted by atomic mass is 15.1. The predicted molar refractivity (Wildman–Crippen MR) is 77.0 cm³/mol. The standard InChI is InChI=1S/C15H25N3/c1-18(2)11-10-16-8-9-17-15-12-14(15)13-6-4-3-5-7-13/h3-7,14-17H,8-12H2,1-2H3/t14-,15+/m0/s1. The molecule has 2 N–H and O–H groups in total. The normalized spacial score (nSPS) is 22.4. The highest BCUT2D eigenvalue weighted by molar-refractivity contribution is 5.27. The molecule has 3 nitrogen and oxygen atoms in total. The molecule has 1 aliphatic rings.